The number of sulfonamides is 1. The molecule has 8 nitrogen and oxygen atoms in total. The average Bonchev–Trinajstić information content (AvgIpc) is 2.88. The number of carbonyl (C=O) groups is 3. The molecule has 10 heteroatoms. The maximum Gasteiger partial charge on any atom is 0.337 e. The summed E-state index contributed by atoms with van der Waals surface area (Å²) in [4.78, 5) is 36.1. The molecule has 0 saturated carbocycles. The number of nitrogens with zero attached hydrogens (tertiary/aromatic N) is 1. The molecule has 1 N–H and O–H groups in total. The Hall–Kier alpha value is -2.91. The summed E-state index contributed by atoms with van der Waals surface area (Å²) < 4.78 is 29.7. The van der Waals surface area contributed by atoms with E-state index in [4.69, 9.17) is 11.6 Å². The first-order valence-corrected chi connectivity index (χ1v) is 10.5. The van der Waals surface area contributed by atoms with Gasteiger partial charge in [-0.15, -0.1) is 0 Å². The minimum atomic E-state index is -3.76. The van der Waals surface area contributed by atoms with E-state index in [0.717, 1.165) is 4.31 Å². The molecule has 1 atom stereocenters. The normalized spacial score (nSPS) is 17.8. The van der Waals surface area contributed by atoms with Gasteiger partial charge in [0.1, 0.15) is 0 Å². The number of rotatable bonds is 4. The first-order valence-electron chi connectivity index (χ1n) is 8.50. The van der Waals surface area contributed by atoms with Crippen molar-refractivity contribution in [3.05, 3.63) is 58.6 Å². The molecule has 2 aromatic rings. The molecule has 1 aliphatic heterocycles. The number of nitrogens with one attached hydrogen (secondary N) is 1. The number of carbonyl (C=O) groups excluding carboxylic acids is 3. The second-order valence-corrected chi connectivity index (χ2v) is 8.74. The van der Waals surface area contributed by atoms with Crippen molar-refractivity contribution in [3.8, 4) is 0 Å². The highest BCUT2D eigenvalue weighted by Crippen LogP contribution is 2.31. The fraction of sp³-hybridized carbons (Fsp3) is 0.211. The van der Waals surface area contributed by atoms with E-state index in [0.29, 0.717) is 11.3 Å². The van der Waals surface area contributed by atoms with Crippen molar-refractivity contribution >= 4 is 50.8 Å². The minimum absolute atomic E-state index is 0.00580. The molecule has 0 bridgehead atoms. The molecule has 1 heterocycles. The lowest BCUT2D eigenvalue weighted by Crippen LogP contribution is -2.30. The summed E-state index contributed by atoms with van der Waals surface area (Å²) in [6.07, 6.45) is 0. The van der Waals surface area contributed by atoms with Crippen molar-refractivity contribution in [2.75, 3.05) is 22.5 Å². The first-order chi connectivity index (χ1) is 13.6. The summed E-state index contributed by atoms with van der Waals surface area (Å²) in [5.74, 6) is -2.48. The molecule has 0 aromatic heterocycles. The second kappa shape index (κ2) is 7.84. The zero-order valence-electron chi connectivity index (χ0n) is 15.5. The van der Waals surface area contributed by atoms with Crippen molar-refractivity contribution < 1.29 is 27.5 Å². The van der Waals surface area contributed by atoms with Crippen LogP contribution in [0.15, 0.2) is 42.5 Å². The number of halogens is 1. The number of anilines is 2. The van der Waals surface area contributed by atoms with Crippen LogP contribution < -0.4 is 9.62 Å². The topological polar surface area (TPSA) is 110 Å². The quantitative estimate of drug-likeness (QED) is 0.738. The van der Waals surface area contributed by atoms with Gasteiger partial charge < -0.3 is 10.1 Å². The van der Waals surface area contributed by atoms with Crippen LogP contribution in [0.1, 0.15) is 27.6 Å². The molecule has 3 rings (SSSR count). The Morgan fingerprint density at radius 3 is 2.34 bits per heavy atom. The smallest absolute Gasteiger partial charge is 0.337 e. The van der Waals surface area contributed by atoms with Gasteiger partial charge in [0.05, 0.1) is 40.6 Å². The SMILES string of the molecule is COC(=O)c1ccc(NC(=O)c2ccc(N3C(=O)[C@H](C)CS3(=O)=O)cc2Cl)cc1. The third-order valence-electron chi connectivity index (χ3n) is 4.36. The third kappa shape index (κ3) is 4.10. The molecule has 29 heavy (non-hydrogen) atoms. The molecule has 1 fully saturated rings. The lowest BCUT2D eigenvalue weighted by molar-refractivity contribution is -0.119. The van der Waals surface area contributed by atoms with Crippen LogP contribution in [0.2, 0.25) is 5.02 Å². The number of hydrogen-bond donors (Lipinski definition) is 1. The first kappa shape index (κ1) is 20.8. The maximum atomic E-state index is 12.5. The Bertz CT molecular complexity index is 1100. The molecule has 1 saturated heterocycles. The van der Waals surface area contributed by atoms with Crippen molar-refractivity contribution in [2.24, 2.45) is 5.92 Å². The van der Waals surface area contributed by atoms with Crippen LogP contribution in [-0.4, -0.2) is 39.1 Å². The molecule has 2 amide bonds. The van der Waals surface area contributed by atoms with E-state index in [1.54, 1.807) is 0 Å². The predicted molar refractivity (Wildman–Crippen MR) is 108 cm³/mol. The van der Waals surface area contributed by atoms with E-state index in [2.05, 4.69) is 10.1 Å². The van der Waals surface area contributed by atoms with Gasteiger partial charge in [-0.25, -0.2) is 17.5 Å². The van der Waals surface area contributed by atoms with Crippen molar-refractivity contribution in [1.82, 2.24) is 0 Å². The Morgan fingerprint density at radius 2 is 1.83 bits per heavy atom. The van der Waals surface area contributed by atoms with E-state index >= 15 is 0 Å². The molecular weight excluding hydrogens is 420 g/mol. The number of esters is 1. The average molecular weight is 437 g/mol. The molecule has 0 spiro atoms. The zero-order valence-corrected chi connectivity index (χ0v) is 17.1. The van der Waals surface area contributed by atoms with Crippen molar-refractivity contribution in [1.29, 1.82) is 0 Å². The third-order valence-corrected chi connectivity index (χ3v) is 6.54. The molecular formula is C19H17ClN2O6S. The highest BCUT2D eigenvalue weighted by atomic mass is 35.5. The number of benzene rings is 2. The number of amides is 2. The van der Waals surface area contributed by atoms with E-state index in [-0.39, 0.29) is 22.0 Å². The van der Waals surface area contributed by atoms with Gasteiger partial charge in [-0.2, -0.15) is 0 Å². The van der Waals surface area contributed by atoms with Gasteiger partial charge >= 0.3 is 5.97 Å². The van der Waals surface area contributed by atoms with Crippen molar-refractivity contribution in [2.45, 2.75) is 6.92 Å². The Kier molecular flexibility index (Phi) is 5.63. The summed E-state index contributed by atoms with van der Waals surface area (Å²) in [6.45, 7) is 1.54. The van der Waals surface area contributed by atoms with Crippen LogP contribution in [0.5, 0.6) is 0 Å². The van der Waals surface area contributed by atoms with Crippen LogP contribution in [-0.2, 0) is 19.6 Å². The van der Waals surface area contributed by atoms with Crippen molar-refractivity contribution in [3.63, 3.8) is 0 Å². The highest BCUT2D eigenvalue weighted by molar-refractivity contribution is 7.94. The highest BCUT2D eigenvalue weighted by Gasteiger charge is 2.42. The Balaban J connectivity index is 1.81. The number of methoxy groups -OCH3 is 1. The Labute approximate surface area is 172 Å². The van der Waals surface area contributed by atoms with Crippen LogP contribution in [0.4, 0.5) is 11.4 Å². The lowest BCUT2D eigenvalue weighted by Gasteiger charge is -2.16. The van der Waals surface area contributed by atoms with Gasteiger partial charge in [-0.3, -0.25) is 9.59 Å². The maximum absolute atomic E-state index is 12.5. The van der Waals surface area contributed by atoms with E-state index in [1.807, 2.05) is 0 Å². The number of hydrogen-bond acceptors (Lipinski definition) is 6. The molecule has 0 radical (unpaired) electrons. The zero-order chi connectivity index (χ0) is 21.3. The molecule has 0 unspecified atom stereocenters. The van der Waals surface area contributed by atoms with Gasteiger partial charge in [-0.1, -0.05) is 18.5 Å². The van der Waals surface area contributed by atoms with Crippen LogP contribution in [0.3, 0.4) is 0 Å². The van der Waals surface area contributed by atoms with Gasteiger partial charge in [-0.05, 0) is 42.5 Å². The standard InChI is InChI=1S/C19H17ClN2O6S/c1-11-10-29(26,27)22(18(11)24)14-7-8-15(16(20)9-14)17(23)21-13-5-3-12(4-6-13)19(25)28-2/h3-9,11H,10H2,1-2H3,(H,21,23)/t11-/m1/s1. The lowest BCUT2D eigenvalue weighted by atomic mass is 10.1. The monoisotopic (exact) mass is 436 g/mol. The van der Waals surface area contributed by atoms with E-state index < -0.39 is 33.7 Å². The van der Waals surface area contributed by atoms with Gasteiger partial charge in [0.15, 0.2) is 0 Å². The molecule has 0 aliphatic carbocycles. The largest absolute Gasteiger partial charge is 0.465 e. The molecule has 1 aliphatic rings. The summed E-state index contributed by atoms with van der Waals surface area (Å²) in [5.41, 5.74) is 0.945. The van der Waals surface area contributed by atoms with Gasteiger partial charge in [0.25, 0.3) is 5.91 Å². The fourth-order valence-electron chi connectivity index (χ4n) is 2.91. The predicted octanol–water partition coefficient (Wildman–Crippen LogP) is 2.69. The summed E-state index contributed by atoms with van der Waals surface area (Å²) in [6, 6.07) is 10.0. The van der Waals surface area contributed by atoms with E-state index in [1.165, 1.54) is 56.5 Å². The van der Waals surface area contributed by atoms with Gasteiger partial charge in [0.2, 0.25) is 15.9 Å². The van der Waals surface area contributed by atoms with E-state index in [9.17, 15) is 22.8 Å². The van der Waals surface area contributed by atoms with Gasteiger partial charge in [0, 0.05) is 5.69 Å². The summed E-state index contributed by atoms with van der Waals surface area (Å²) in [5, 5.41) is 2.62. The summed E-state index contributed by atoms with van der Waals surface area (Å²) in [7, 11) is -2.49. The fourth-order valence-corrected chi connectivity index (χ4v) is 4.98. The molecule has 152 valence electrons. The van der Waals surface area contributed by atoms with Crippen LogP contribution >= 0.6 is 11.6 Å². The number of ether oxygens (including phenoxy) is 1. The van der Waals surface area contributed by atoms with Crippen LogP contribution in [0.25, 0.3) is 0 Å². The van der Waals surface area contributed by atoms with Crippen LogP contribution in [0, 0.1) is 5.92 Å². The minimum Gasteiger partial charge on any atom is -0.465 e. The summed E-state index contributed by atoms with van der Waals surface area (Å²) >= 11 is 6.18. The Morgan fingerprint density at radius 1 is 1.17 bits per heavy atom. The molecule has 2 aromatic carbocycles. The second-order valence-electron chi connectivity index (χ2n) is 6.47.